The van der Waals surface area contributed by atoms with E-state index in [0.29, 0.717) is 11.5 Å². The van der Waals surface area contributed by atoms with Crippen LogP contribution in [0, 0.1) is 5.41 Å². The Kier molecular flexibility index (Phi) is 4.68. The van der Waals surface area contributed by atoms with Crippen LogP contribution in [0.4, 0.5) is 0 Å². The molecule has 2 aliphatic heterocycles. The zero-order chi connectivity index (χ0) is 14.0. The Bertz CT molecular complexity index is 301. The van der Waals surface area contributed by atoms with Crippen LogP contribution in [0.2, 0.25) is 0 Å². The van der Waals surface area contributed by atoms with Crippen molar-refractivity contribution >= 4 is 0 Å². The number of piperidine rings is 1. The van der Waals surface area contributed by atoms with E-state index in [9.17, 15) is 0 Å². The third-order valence-electron chi connectivity index (χ3n) is 6.02. The summed E-state index contributed by atoms with van der Waals surface area (Å²) >= 11 is 0. The van der Waals surface area contributed by atoms with Gasteiger partial charge in [0, 0.05) is 44.8 Å². The third-order valence-corrected chi connectivity index (χ3v) is 6.02. The molecule has 0 aromatic heterocycles. The number of piperazine rings is 1. The molecule has 0 aromatic carbocycles. The van der Waals surface area contributed by atoms with E-state index in [2.05, 4.69) is 29.0 Å². The molecular formula is C17H33N3. The van der Waals surface area contributed by atoms with Gasteiger partial charge in [0.1, 0.15) is 0 Å². The Balaban J connectivity index is 1.46. The molecule has 2 heterocycles. The van der Waals surface area contributed by atoms with Crippen molar-refractivity contribution in [1.82, 2.24) is 15.1 Å². The molecule has 0 aromatic rings. The minimum atomic E-state index is 0.473. The van der Waals surface area contributed by atoms with Crippen molar-refractivity contribution in [2.24, 2.45) is 5.41 Å². The molecule has 1 unspecified atom stereocenters. The van der Waals surface area contributed by atoms with Gasteiger partial charge in [-0.1, -0.05) is 26.7 Å². The third kappa shape index (κ3) is 3.37. The highest BCUT2D eigenvalue weighted by Crippen LogP contribution is 2.31. The second-order valence-electron chi connectivity index (χ2n) is 7.87. The van der Waals surface area contributed by atoms with E-state index in [1.54, 1.807) is 0 Å². The van der Waals surface area contributed by atoms with E-state index in [0.717, 1.165) is 6.04 Å². The van der Waals surface area contributed by atoms with Gasteiger partial charge in [0.2, 0.25) is 0 Å². The molecule has 1 aliphatic carbocycles. The van der Waals surface area contributed by atoms with Gasteiger partial charge in [-0.15, -0.1) is 0 Å². The van der Waals surface area contributed by atoms with Gasteiger partial charge in [-0.25, -0.2) is 0 Å². The summed E-state index contributed by atoms with van der Waals surface area (Å²) < 4.78 is 0. The van der Waals surface area contributed by atoms with E-state index in [1.807, 2.05) is 0 Å². The second kappa shape index (κ2) is 6.33. The molecule has 1 atom stereocenters. The number of hydrogen-bond acceptors (Lipinski definition) is 3. The van der Waals surface area contributed by atoms with Crippen molar-refractivity contribution in [3.8, 4) is 0 Å². The molecule has 3 heteroatoms. The lowest BCUT2D eigenvalue weighted by atomic mass is 9.77. The number of nitrogens with zero attached hydrogens (tertiary/aromatic N) is 2. The zero-order valence-electron chi connectivity index (χ0n) is 13.5. The fourth-order valence-electron chi connectivity index (χ4n) is 4.42. The molecule has 1 N–H and O–H groups in total. The fourth-order valence-corrected chi connectivity index (χ4v) is 4.42. The molecule has 3 fully saturated rings. The van der Waals surface area contributed by atoms with E-state index in [1.165, 1.54) is 77.8 Å². The summed E-state index contributed by atoms with van der Waals surface area (Å²) in [5.41, 5.74) is 0.473. The molecule has 3 nitrogen and oxygen atoms in total. The minimum absolute atomic E-state index is 0.473. The monoisotopic (exact) mass is 279 g/mol. The van der Waals surface area contributed by atoms with Crippen molar-refractivity contribution in [3.63, 3.8) is 0 Å². The molecule has 3 rings (SSSR count). The van der Waals surface area contributed by atoms with E-state index in [4.69, 9.17) is 0 Å². The van der Waals surface area contributed by atoms with Crippen LogP contribution in [-0.2, 0) is 0 Å². The topological polar surface area (TPSA) is 18.5 Å². The number of rotatable bonds is 3. The Labute approximate surface area is 125 Å². The maximum atomic E-state index is 3.77. The van der Waals surface area contributed by atoms with Gasteiger partial charge in [-0.05, 0) is 37.6 Å². The maximum absolute atomic E-state index is 3.77. The average molecular weight is 279 g/mol. The first kappa shape index (κ1) is 14.8. The lowest BCUT2D eigenvalue weighted by molar-refractivity contribution is 0.0666. The van der Waals surface area contributed by atoms with Gasteiger partial charge in [0.25, 0.3) is 0 Å². The smallest absolute Gasteiger partial charge is 0.0246 e. The van der Waals surface area contributed by atoms with Crippen molar-refractivity contribution in [2.45, 2.75) is 64.5 Å². The van der Waals surface area contributed by atoms with Gasteiger partial charge in [0.05, 0.1) is 0 Å². The molecule has 1 saturated carbocycles. The molecule has 3 aliphatic rings. The quantitative estimate of drug-likeness (QED) is 0.855. The Morgan fingerprint density at radius 3 is 2.35 bits per heavy atom. The maximum Gasteiger partial charge on any atom is 0.0246 e. The highest BCUT2D eigenvalue weighted by Gasteiger charge is 2.34. The van der Waals surface area contributed by atoms with Crippen LogP contribution in [0.3, 0.4) is 0 Å². The number of nitrogens with one attached hydrogen (secondary N) is 1. The first-order chi connectivity index (χ1) is 9.65. The van der Waals surface area contributed by atoms with E-state index >= 15 is 0 Å². The van der Waals surface area contributed by atoms with E-state index in [-0.39, 0.29) is 0 Å². The lowest BCUT2D eigenvalue weighted by Crippen LogP contribution is -2.57. The summed E-state index contributed by atoms with van der Waals surface area (Å²) in [6.45, 7) is 12.5. The largest absolute Gasteiger partial charge is 0.312 e. The fraction of sp³-hybridized carbons (Fsp3) is 1.00. The Hall–Kier alpha value is -0.120. The van der Waals surface area contributed by atoms with E-state index < -0.39 is 0 Å². The normalized spacial score (nSPS) is 33.6. The second-order valence-corrected chi connectivity index (χ2v) is 7.87. The number of hydrogen-bond donors (Lipinski definition) is 1. The molecule has 116 valence electrons. The van der Waals surface area contributed by atoms with Gasteiger partial charge < -0.3 is 5.32 Å². The van der Waals surface area contributed by atoms with Crippen LogP contribution < -0.4 is 5.32 Å². The molecule has 0 amide bonds. The minimum Gasteiger partial charge on any atom is -0.312 e. The molecule has 0 spiro atoms. The molecule has 0 radical (unpaired) electrons. The first-order valence-corrected chi connectivity index (χ1v) is 8.85. The summed E-state index contributed by atoms with van der Waals surface area (Å²) in [6.07, 6.45) is 8.57. The summed E-state index contributed by atoms with van der Waals surface area (Å²) in [6, 6.07) is 1.61. The van der Waals surface area contributed by atoms with Gasteiger partial charge in [-0.2, -0.15) is 0 Å². The van der Waals surface area contributed by atoms with Crippen molar-refractivity contribution in [3.05, 3.63) is 0 Å². The van der Waals surface area contributed by atoms with Gasteiger partial charge in [0.15, 0.2) is 0 Å². The van der Waals surface area contributed by atoms with Crippen LogP contribution in [0.15, 0.2) is 0 Å². The zero-order valence-corrected chi connectivity index (χ0v) is 13.5. The molecule has 0 bridgehead atoms. The standard InChI is InChI=1S/C17H33N3/c1-17(2)8-5-9-18-16(17)14-19-10-12-20(13-11-19)15-6-3-4-7-15/h15-16,18H,3-14H2,1-2H3. The van der Waals surface area contributed by atoms with Gasteiger partial charge in [-0.3, -0.25) is 9.80 Å². The lowest BCUT2D eigenvalue weighted by Gasteiger charge is -2.44. The Morgan fingerprint density at radius 2 is 1.70 bits per heavy atom. The SMILES string of the molecule is CC1(C)CCCNC1CN1CCN(C2CCCC2)CC1. The average Bonchev–Trinajstić information content (AvgIpc) is 2.96. The molecular weight excluding hydrogens is 246 g/mol. The van der Waals surface area contributed by atoms with Crippen LogP contribution in [0.25, 0.3) is 0 Å². The van der Waals surface area contributed by atoms with Crippen molar-refractivity contribution in [1.29, 1.82) is 0 Å². The molecule has 20 heavy (non-hydrogen) atoms. The molecule has 2 saturated heterocycles. The highest BCUT2D eigenvalue weighted by atomic mass is 15.3. The van der Waals surface area contributed by atoms with Crippen molar-refractivity contribution < 1.29 is 0 Å². The summed E-state index contributed by atoms with van der Waals surface area (Å²) in [4.78, 5) is 5.47. The van der Waals surface area contributed by atoms with Crippen LogP contribution in [0.1, 0.15) is 52.4 Å². The summed E-state index contributed by atoms with van der Waals surface area (Å²) in [7, 11) is 0. The van der Waals surface area contributed by atoms with Gasteiger partial charge >= 0.3 is 0 Å². The first-order valence-electron chi connectivity index (χ1n) is 8.85. The predicted octanol–water partition coefficient (Wildman–Crippen LogP) is 2.32. The highest BCUT2D eigenvalue weighted by molar-refractivity contribution is 4.91. The van der Waals surface area contributed by atoms with Crippen LogP contribution >= 0.6 is 0 Å². The Morgan fingerprint density at radius 1 is 1.00 bits per heavy atom. The predicted molar refractivity (Wildman–Crippen MR) is 85.1 cm³/mol. The van der Waals surface area contributed by atoms with Crippen LogP contribution in [0.5, 0.6) is 0 Å². The summed E-state index contributed by atoms with van der Waals surface area (Å²) in [5.74, 6) is 0. The van der Waals surface area contributed by atoms with Crippen LogP contribution in [-0.4, -0.2) is 61.2 Å². The summed E-state index contributed by atoms with van der Waals surface area (Å²) in [5, 5.41) is 3.77. The van der Waals surface area contributed by atoms with Crippen molar-refractivity contribution in [2.75, 3.05) is 39.3 Å².